The lowest BCUT2D eigenvalue weighted by molar-refractivity contribution is -0.108. The van der Waals surface area contributed by atoms with Crippen LogP contribution >= 0.6 is 0 Å². The number of hydrogen-bond acceptors (Lipinski definition) is 7. The van der Waals surface area contributed by atoms with Crippen molar-refractivity contribution in [2.24, 2.45) is 19.1 Å². The van der Waals surface area contributed by atoms with Gasteiger partial charge in [-0.1, -0.05) is 61.8 Å². The molecule has 226 valence electrons. The number of pyridine rings is 1. The fourth-order valence-electron chi connectivity index (χ4n) is 5.30. The molecule has 0 aliphatic rings. The number of carbonyl (C=O) groups is 2. The summed E-state index contributed by atoms with van der Waals surface area (Å²) in [7, 11) is 3.40. The van der Waals surface area contributed by atoms with E-state index in [-0.39, 0.29) is 22.8 Å². The summed E-state index contributed by atoms with van der Waals surface area (Å²) in [6, 6.07) is 15.9. The highest BCUT2D eigenvalue weighted by molar-refractivity contribution is 6.03. The van der Waals surface area contributed by atoms with E-state index in [1.54, 1.807) is 49.5 Å². The molecule has 0 saturated carbocycles. The number of nitrogens with one attached hydrogen (secondary N) is 1. The van der Waals surface area contributed by atoms with Gasteiger partial charge in [-0.25, -0.2) is 9.67 Å². The molecule has 3 aromatic heterocycles. The highest BCUT2D eigenvalue weighted by Crippen LogP contribution is 2.27. The smallest absolute Gasteiger partial charge is 0.264 e. The molecule has 3 heterocycles. The van der Waals surface area contributed by atoms with Crippen molar-refractivity contribution in [2.45, 2.75) is 25.8 Å². The minimum Gasteiger partial charge on any atom is -0.381 e. The fourth-order valence-corrected chi connectivity index (χ4v) is 5.30. The lowest BCUT2D eigenvalue weighted by Gasteiger charge is -2.21. The maximum absolute atomic E-state index is 14.4. The molecule has 0 aliphatic carbocycles. The number of hydrogen-bond donors (Lipinski definition) is 2. The van der Waals surface area contributed by atoms with Crippen LogP contribution in [0, 0.1) is 11.8 Å². The predicted octanol–water partition coefficient (Wildman–Crippen LogP) is 4.12. The van der Waals surface area contributed by atoms with Gasteiger partial charge in [-0.15, -0.1) is 0 Å². The number of fused-ring (bicyclic) bond motifs is 1. The first-order chi connectivity index (χ1) is 21.7. The number of para-hydroxylation sites is 1. The highest BCUT2D eigenvalue weighted by atomic mass is 16.2. The van der Waals surface area contributed by atoms with E-state index >= 15 is 0 Å². The molecule has 5 rings (SSSR count). The summed E-state index contributed by atoms with van der Waals surface area (Å²) < 4.78 is 4.62. The first kappa shape index (κ1) is 30.4. The SMILES string of the molecule is C=C/C=N\c1c(C(=O)NC(C)c2cc3cccc(C#Cc4cnn(C)c4C(C)C=O)c3c(=O)n2-c2ccccc2)c(N)nn1C. The molecule has 2 unspecified atom stereocenters. The Morgan fingerprint density at radius 2 is 1.80 bits per heavy atom. The fraction of sp³-hybridized carbons (Fsp3) is 0.176. The maximum atomic E-state index is 14.4. The van der Waals surface area contributed by atoms with Crippen molar-refractivity contribution in [3.63, 3.8) is 0 Å². The van der Waals surface area contributed by atoms with Gasteiger partial charge >= 0.3 is 0 Å². The van der Waals surface area contributed by atoms with E-state index in [1.165, 1.54) is 17.0 Å². The molecule has 45 heavy (non-hydrogen) atoms. The number of nitrogens with zero attached hydrogens (tertiary/aromatic N) is 6. The Morgan fingerprint density at radius 3 is 2.51 bits per heavy atom. The summed E-state index contributed by atoms with van der Waals surface area (Å²) in [6.45, 7) is 7.20. The molecule has 0 radical (unpaired) electrons. The molecule has 11 nitrogen and oxygen atoms in total. The van der Waals surface area contributed by atoms with Gasteiger partial charge in [0.25, 0.3) is 11.5 Å². The van der Waals surface area contributed by atoms with E-state index in [1.807, 2.05) is 48.5 Å². The normalized spacial score (nSPS) is 12.4. The molecule has 0 fully saturated rings. The number of carbonyl (C=O) groups excluding carboxylic acids is 2. The zero-order valence-corrected chi connectivity index (χ0v) is 25.4. The minimum atomic E-state index is -0.636. The molecule has 1 amide bonds. The summed E-state index contributed by atoms with van der Waals surface area (Å²) >= 11 is 0. The van der Waals surface area contributed by atoms with Crippen molar-refractivity contribution in [1.29, 1.82) is 0 Å². The van der Waals surface area contributed by atoms with Gasteiger partial charge < -0.3 is 15.8 Å². The third kappa shape index (κ3) is 5.81. The number of benzene rings is 2. The second-order valence-corrected chi connectivity index (χ2v) is 10.5. The van der Waals surface area contributed by atoms with Crippen LogP contribution in [0.15, 0.2) is 83.2 Å². The molecule has 0 aliphatic heterocycles. The van der Waals surface area contributed by atoms with E-state index in [9.17, 15) is 14.4 Å². The Hall–Kier alpha value is -6.02. The number of allylic oxidation sites excluding steroid dienone is 1. The minimum absolute atomic E-state index is 0.0277. The Balaban J connectivity index is 1.64. The predicted molar refractivity (Wildman–Crippen MR) is 175 cm³/mol. The molecule has 3 N–H and O–H groups in total. The molecule has 2 atom stereocenters. The number of anilines is 1. The van der Waals surface area contributed by atoms with Gasteiger partial charge in [-0.2, -0.15) is 10.2 Å². The summed E-state index contributed by atoms with van der Waals surface area (Å²) in [5, 5.41) is 12.5. The quantitative estimate of drug-likeness (QED) is 0.156. The van der Waals surface area contributed by atoms with Gasteiger partial charge in [0.2, 0.25) is 0 Å². The first-order valence-electron chi connectivity index (χ1n) is 14.2. The zero-order chi connectivity index (χ0) is 32.2. The molecular weight excluding hydrogens is 568 g/mol. The van der Waals surface area contributed by atoms with Gasteiger partial charge in [0.1, 0.15) is 11.8 Å². The van der Waals surface area contributed by atoms with Crippen LogP contribution in [0.2, 0.25) is 0 Å². The third-order valence-corrected chi connectivity index (χ3v) is 7.41. The first-order valence-corrected chi connectivity index (χ1v) is 14.2. The maximum Gasteiger partial charge on any atom is 0.264 e. The number of aliphatic imine (C=N–C) groups is 1. The Morgan fingerprint density at radius 1 is 1.07 bits per heavy atom. The van der Waals surface area contributed by atoms with Crippen LogP contribution in [0.1, 0.15) is 58.7 Å². The van der Waals surface area contributed by atoms with E-state index in [4.69, 9.17) is 5.73 Å². The van der Waals surface area contributed by atoms with Gasteiger partial charge in [0.15, 0.2) is 11.6 Å². The molecule has 11 heteroatoms. The van der Waals surface area contributed by atoms with Crippen molar-refractivity contribution in [3.05, 3.63) is 112 Å². The Kier molecular flexibility index (Phi) is 8.58. The molecule has 2 aromatic carbocycles. The van der Waals surface area contributed by atoms with Crippen molar-refractivity contribution < 1.29 is 9.59 Å². The lowest BCUT2D eigenvalue weighted by atomic mass is 10.0. The van der Waals surface area contributed by atoms with E-state index in [0.29, 0.717) is 39.0 Å². The van der Waals surface area contributed by atoms with Crippen LogP contribution in [0.5, 0.6) is 0 Å². The molecule has 0 spiro atoms. The second kappa shape index (κ2) is 12.7. The number of nitrogens with two attached hydrogens (primary N) is 1. The third-order valence-electron chi connectivity index (χ3n) is 7.41. The number of aldehydes is 1. The van der Waals surface area contributed by atoms with Crippen LogP contribution in [-0.4, -0.2) is 42.5 Å². The second-order valence-electron chi connectivity index (χ2n) is 10.5. The topological polar surface area (TPSA) is 142 Å². The number of aryl methyl sites for hydroxylation is 2. The van der Waals surface area contributed by atoms with Crippen molar-refractivity contribution >= 4 is 40.8 Å². The zero-order valence-electron chi connectivity index (χ0n) is 25.4. The number of amides is 1. The number of aromatic nitrogens is 5. The van der Waals surface area contributed by atoms with Gasteiger partial charge in [-0.05, 0) is 36.6 Å². The average molecular weight is 601 g/mol. The monoisotopic (exact) mass is 600 g/mol. The van der Waals surface area contributed by atoms with Gasteiger partial charge in [0, 0.05) is 37.3 Å². The number of rotatable bonds is 8. The van der Waals surface area contributed by atoms with Gasteiger partial charge in [-0.3, -0.25) is 18.8 Å². The van der Waals surface area contributed by atoms with Crippen LogP contribution in [0.3, 0.4) is 0 Å². The van der Waals surface area contributed by atoms with Crippen molar-refractivity contribution in [3.8, 4) is 17.5 Å². The van der Waals surface area contributed by atoms with Crippen molar-refractivity contribution in [2.75, 3.05) is 5.73 Å². The van der Waals surface area contributed by atoms with Crippen LogP contribution in [-0.2, 0) is 18.9 Å². The molecular formula is C34H32N8O3. The Bertz CT molecular complexity index is 2090. The molecule has 0 saturated heterocycles. The van der Waals surface area contributed by atoms with E-state index < -0.39 is 17.9 Å². The van der Waals surface area contributed by atoms with Gasteiger partial charge in [0.05, 0.1) is 34.8 Å². The van der Waals surface area contributed by atoms with Crippen molar-refractivity contribution in [1.82, 2.24) is 29.4 Å². The summed E-state index contributed by atoms with van der Waals surface area (Å²) in [5.41, 5.74) is 8.89. The standard InChI is InChI=1S/C34H32N8O3/c1-6-17-36-32-29(31(35)39-41(32)5)33(44)38-22(3)27-18-24-12-10-11-23(15-16-25-19-37-40(4)30(25)21(2)20-43)28(24)34(45)42(27)26-13-8-7-9-14-26/h6-14,17-22H,1H2,2-5H3,(H2,35,39)(H,38,44)/b36-17-. The summed E-state index contributed by atoms with van der Waals surface area (Å²) in [6.07, 6.45) is 5.39. The molecule has 5 aromatic rings. The van der Waals surface area contributed by atoms with Crippen LogP contribution in [0.4, 0.5) is 11.6 Å². The van der Waals surface area contributed by atoms with E-state index in [2.05, 4.69) is 38.9 Å². The van der Waals surface area contributed by atoms with E-state index in [0.717, 1.165) is 6.29 Å². The molecule has 0 bridgehead atoms. The lowest BCUT2D eigenvalue weighted by Crippen LogP contribution is -2.32. The summed E-state index contributed by atoms with van der Waals surface area (Å²) in [4.78, 5) is 43.7. The average Bonchev–Trinajstić information content (AvgIpc) is 3.55. The largest absolute Gasteiger partial charge is 0.381 e. The highest BCUT2D eigenvalue weighted by Gasteiger charge is 2.25. The van der Waals surface area contributed by atoms with Crippen LogP contribution < -0.4 is 16.6 Å². The number of nitrogen functional groups attached to an aromatic ring is 1. The van der Waals surface area contributed by atoms with Crippen LogP contribution in [0.25, 0.3) is 16.5 Å². The summed E-state index contributed by atoms with van der Waals surface area (Å²) in [5.74, 6) is 5.68. The Labute approximate surface area is 259 Å².